The highest BCUT2D eigenvalue weighted by molar-refractivity contribution is 9.10. The molecular weight excluding hydrogens is 627 g/mol. The molecule has 2 atom stereocenters. The SMILES string of the molecule is COc1ccc2c(c1OC)C(=O)O[C@@H]2[C@H]1c2c(c(Br)c3c(c2OC)OCO3)CCN1Cc1cn(-c2ccc(F)cc2)nn1. The van der Waals surface area contributed by atoms with Crippen molar-refractivity contribution in [2.45, 2.75) is 25.1 Å². The van der Waals surface area contributed by atoms with Crippen LogP contribution in [0.3, 0.4) is 0 Å². The lowest BCUT2D eigenvalue weighted by Gasteiger charge is -2.40. The number of carbonyl (C=O) groups excluding carboxylic acids is 1. The first-order valence-electron chi connectivity index (χ1n) is 13.5. The maximum atomic E-state index is 13.5. The van der Waals surface area contributed by atoms with Crippen molar-refractivity contribution < 1.29 is 37.6 Å². The summed E-state index contributed by atoms with van der Waals surface area (Å²) in [5.41, 5.74) is 4.13. The van der Waals surface area contributed by atoms with E-state index < -0.39 is 18.1 Å². The molecule has 13 heteroatoms. The van der Waals surface area contributed by atoms with Gasteiger partial charge >= 0.3 is 5.97 Å². The van der Waals surface area contributed by atoms with Crippen LogP contribution in [0.5, 0.6) is 28.7 Å². The van der Waals surface area contributed by atoms with E-state index in [0.717, 1.165) is 15.6 Å². The van der Waals surface area contributed by atoms with Crippen LogP contribution in [0.25, 0.3) is 5.69 Å². The molecule has 0 bridgehead atoms. The zero-order valence-corrected chi connectivity index (χ0v) is 25.0. The van der Waals surface area contributed by atoms with Crippen LogP contribution >= 0.6 is 15.9 Å². The third-order valence-corrected chi connectivity index (χ3v) is 8.84. The average molecular weight is 653 g/mol. The standard InChI is InChI=1S/C30H26BrFN4O7/c1-38-20-9-8-19-22(26(20)39-2)30(37)43-25(19)24-21-18(23(31)28-29(27(21)40-3)42-14-41-28)10-11-35(24)12-16-13-36(34-33-16)17-6-4-15(32)5-7-17/h4-9,13,24-25H,10-12,14H2,1-3H3/t24-,25+/m1/s1. The van der Waals surface area contributed by atoms with Crippen molar-refractivity contribution in [2.24, 2.45) is 0 Å². The number of carbonyl (C=O) groups is 1. The summed E-state index contributed by atoms with van der Waals surface area (Å²) < 4.78 is 50.7. The zero-order chi connectivity index (χ0) is 29.8. The Bertz CT molecular complexity index is 1750. The van der Waals surface area contributed by atoms with Crippen LogP contribution in [0.15, 0.2) is 47.1 Å². The van der Waals surface area contributed by atoms with Crippen molar-refractivity contribution >= 4 is 21.9 Å². The maximum absolute atomic E-state index is 13.5. The number of benzene rings is 3. The molecule has 0 unspecified atom stereocenters. The first-order valence-corrected chi connectivity index (χ1v) is 14.3. The molecule has 0 fully saturated rings. The van der Waals surface area contributed by atoms with Crippen LogP contribution in [0, 0.1) is 5.82 Å². The van der Waals surface area contributed by atoms with Crippen LogP contribution in [0.4, 0.5) is 4.39 Å². The first-order chi connectivity index (χ1) is 20.9. The highest BCUT2D eigenvalue weighted by atomic mass is 79.9. The van der Waals surface area contributed by atoms with Crippen molar-refractivity contribution in [1.82, 2.24) is 19.9 Å². The topological polar surface area (TPSA) is 106 Å². The van der Waals surface area contributed by atoms with E-state index in [0.29, 0.717) is 70.8 Å². The number of nitrogens with zero attached hydrogens (tertiary/aromatic N) is 4. The highest BCUT2D eigenvalue weighted by Gasteiger charge is 2.48. The molecule has 0 saturated carbocycles. The summed E-state index contributed by atoms with van der Waals surface area (Å²) in [6.45, 7) is 1.03. The number of methoxy groups -OCH3 is 3. The van der Waals surface area contributed by atoms with Gasteiger partial charge in [-0.2, -0.15) is 0 Å². The van der Waals surface area contributed by atoms with Gasteiger partial charge in [-0.15, -0.1) is 5.10 Å². The van der Waals surface area contributed by atoms with Gasteiger partial charge in [0.25, 0.3) is 0 Å². The smallest absolute Gasteiger partial charge is 0.343 e. The molecular formula is C30H26BrFN4O7. The number of aromatic nitrogens is 3. The van der Waals surface area contributed by atoms with Gasteiger partial charge in [0.15, 0.2) is 23.0 Å². The summed E-state index contributed by atoms with van der Waals surface area (Å²) in [4.78, 5) is 15.6. The molecule has 4 aromatic rings. The van der Waals surface area contributed by atoms with Crippen molar-refractivity contribution in [1.29, 1.82) is 0 Å². The predicted molar refractivity (Wildman–Crippen MR) is 153 cm³/mol. The van der Waals surface area contributed by atoms with Crippen LogP contribution in [-0.4, -0.2) is 60.5 Å². The van der Waals surface area contributed by atoms with Crippen molar-refractivity contribution in [3.8, 4) is 34.4 Å². The second kappa shape index (κ2) is 10.7. The Morgan fingerprint density at radius 2 is 1.79 bits per heavy atom. The Balaban J connectivity index is 1.35. The third-order valence-electron chi connectivity index (χ3n) is 8.00. The number of ether oxygens (including phenoxy) is 6. The van der Waals surface area contributed by atoms with Crippen LogP contribution in [0.2, 0.25) is 0 Å². The molecule has 3 aliphatic heterocycles. The maximum Gasteiger partial charge on any atom is 0.343 e. The normalized spacial score (nSPS) is 18.7. The second-order valence-electron chi connectivity index (χ2n) is 10.2. The molecule has 1 aromatic heterocycles. The summed E-state index contributed by atoms with van der Waals surface area (Å²) >= 11 is 3.75. The Morgan fingerprint density at radius 3 is 2.53 bits per heavy atom. The molecule has 11 nitrogen and oxygen atoms in total. The number of esters is 1. The van der Waals surface area contributed by atoms with Gasteiger partial charge in [0.05, 0.1) is 49.4 Å². The number of rotatable bonds is 7. The van der Waals surface area contributed by atoms with Gasteiger partial charge < -0.3 is 28.4 Å². The van der Waals surface area contributed by atoms with Gasteiger partial charge in [0.2, 0.25) is 12.5 Å². The first kappa shape index (κ1) is 27.5. The Labute approximate surface area is 254 Å². The fourth-order valence-electron chi connectivity index (χ4n) is 6.14. The summed E-state index contributed by atoms with van der Waals surface area (Å²) in [6, 6.07) is 9.10. The molecule has 0 aliphatic carbocycles. The predicted octanol–water partition coefficient (Wildman–Crippen LogP) is 4.93. The molecule has 222 valence electrons. The van der Waals surface area contributed by atoms with Gasteiger partial charge in [-0.1, -0.05) is 11.3 Å². The van der Waals surface area contributed by atoms with E-state index in [9.17, 15) is 9.18 Å². The largest absolute Gasteiger partial charge is 0.493 e. The summed E-state index contributed by atoms with van der Waals surface area (Å²) in [5, 5.41) is 8.67. The number of cyclic esters (lactones) is 1. The molecule has 0 N–H and O–H groups in total. The Kier molecular flexibility index (Phi) is 6.85. The lowest BCUT2D eigenvalue weighted by atomic mass is 9.85. The number of halogens is 2. The number of hydrogen-bond acceptors (Lipinski definition) is 10. The van der Waals surface area contributed by atoms with Crippen LogP contribution in [-0.2, 0) is 17.7 Å². The van der Waals surface area contributed by atoms with E-state index in [-0.39, 0.29) is 12.6 Å². The second-order valence-corrected chi connectivity index (χ2v) is 11.0. The minimum absolute atomic E-state index is 0.0618. The molecule has 7 rings (SSSR count). The number of fused-ring (bicyclic) bond motifs is 3. The molecule has 43 heavy (non-hydrogen) atoms. The molecule has 0 amide bonds. The van der Waals surface area contributed by atoms with E-state index in [1.165, 1.54) is 26.4 Å². The van der Waals surface area contributed by atoms with E-state index >= 15 is 0 Å². The van der Waals surface area contributed by atoms with Crippen molar-refractivity contribution in [3.05, 3.63) is 80.8 Å². The Hall–Kier alpha value is -4.36. The van der Waals surface area contributed by atoms with E-state index in [4.69, 9.17) is 28.4 Å². The van der Waals surface area contributed by atoms with Crippen molar-refractivity contribution in [3.63, 3.8) is 0 Å². The fraction of sp³-hybridized carbons (Fsp3) is 0.300. The van der Waals surface area contributed by atoms with Gasteiger partial charge in [-0.25, -0.2) is 13.9 Å². The van der Waals surface area contributed by atoms with E-state index in [1.54, 1.807) is 36.2 Å². The number of hydrogen-bond donors (Lipinski definition) is 0. The van der Waals surface area contributed by atoms with Crippen molar-refractivity contribution in [2.75, 3.05) is 34.7 Å². The molecule has 0 saturated heterocycles. The summed E-state index contributed by atoms with van der Waals surface area (Å²) in [5.74, 6) is 1.49. The molecule has 0 radical (unpaired) electrons. The Morgan fingerprint density at radius 1 is 1.02 bits per heavy atom. The fourth-order valence-corrected chi connectivity index (χ4v) is 6.85. The van der Waals surface area contributed by atoms with Gasteiger partial charge in [-0.3, -0.25) is 4.90 Å². The average Bonchev–Trinajstić information content (AvgIpc) is 3.77. The van der Waals surface area contributed by atoms with Gasteiger partial charge in [0.1, 0.15) is 17.5 Å². The summed E-state index contributed by atoms with van der Waals surface area (Å²) in [7, 11) is 4.59. The molecule has 3 aliphatic rings. The molecule has 3 aromatic carbocycles. The van der Waals surface area contributed by atoms with E-state index in [2.05, 4.69) is 31.1 Å². The van der Waals surface area contributed by atoms with Crippen LogP contribution < -0.4 is 23.7 Å². The van der Waals surface area contributed by atoms with Gasteiger partial charge in [-0.05, 0) is 58.2 Å². The monoisotopic (exact) mass is 652 g/mol. The zero-order valence-electron chi connectivity index (χ0n) is 23.4. The highest BCUT2D eigenvalue weighted by Crippen LogP contribution is 2.58. The van der Waals surface area contributed by atoms with Crippen LogP contribution in [0.1, 0.15) is 44.9 Å². The minimum atomic E-state index is -0.727. The minimum Gasteiger partial charge on any atom is -0.493 e. The third kappa shape index (κ3) is 4.37. The lowest BCUT2D eigenvalue weighted by Crippen LogP contribution is -2.39. The quantitative estimate of drug-likeness (QED) is 0.255. The molecule has 4 heterocycles. The van der Waals surface area contributed by atoms with E-state index in [1.807, 2.05) is 6.07 Å². The summed E-state index contributed by atoms with van der Waals surface area (Å²) in [6.07, 6.45) is 1.72. The molecule has 0 spiro atoms. The van der Waals surface area contributed by atoms with Gasteiger partial charge in [0, 0.05) is 24.2 Å². The lowest BCUT2D eigenvalue weighted by molar-refractivity contribution is 0.000180.